The van der Waals surface area contributed by atoms with Gasteiger partial charge in [-0.25, -0.2) is 9.78 Å². The maximum atomic E-state index is 12.0. The van der Waals surface area contributed by atoms with Gasteiger partial charge in [-0.15, -0.1) is 0 Å². The van der Waals surface area contributed by atoms with Crippen molar-refractivity contribution in [3.63, 3.8) is 0 Å². The first-order valence-electron chi connectivity index (χ1n) is 6.27. The lowest BCUT2D eigenvalue weighted by atomic mass is 10.1. The predicted octanol–water partition coefficient (Wildman–Crippen LogP) is 0.295. The molecule has 2 heterocycles. The first-order chi connectivity index (χ1) is 9.27. The van der Waals surface area contributed by atoms with Gasteiger partial charge in [0.05, 0.1) is 12.2 Å². The van der Waals surface area contributed by atoms with Gasteiger partial charge in [-0.3, -0.25) is 0 Å². The van der Waals surface area contributed by atoms with Crippen molar-refractivity contribution < 1.29 is 9.53 Å². The molecule has 1 aliphatic heterocycles. The van der Waals surface area contributed by atoms with Gasteiger partial charge in [-0.1, -0.05) is 0 Å². The van der Waals surface area contributed by atoms with Crippen molar-refractivity contribution in [2.75, 3.05) is 31.1 Å². The van der Waals surface area contributed by atoms with Crippen molar-refractivity contribution in [2.45, 2.75) is 13.0 Å². The van der Waals surface area contributed by atoms with Gasteiger partial charge in [0, 0.05) is 25.8 Å². The van der Waals surface area contributed by atoms with Crippen LogP contribution >= 0.6 is 0 Å². The molecule has 0 amide bonds. The van der Waals surface area contributed by atoms with Gasteiger partial charge in [-0.05, 0) is 19.1 Å². The number of hydrogen-bond acceptors (Lipinski definition) is 6. The van der Waals surface area contributed by atoms with E-state index >= 15 is 0 Å². The molecule has 1 atom stereocenters. The minimum atomic E-state index is -0.435. The number of aromatic nitrogens is 1. The molecular formula is C13H16N4O2. The van der Waals surface area contributed by atoms with Crippen LogP contribution in [0.15, 0.2) is 18.3 Å². The van der Waals surface area contributed by atoms with E-state index in [2.05, 4.69) is 16.4 Å². The summed E-state index contributed by atoms with van der Waals surface area (Å²) >= 11 is 0. The highest BCUT2D eigenvalue weighted by Crippen LogP contribution is 2.20. The topological polar surface area (TPSA) is 78.2 Å². The van der Waals surface area contributed by atoms with Gasteiger partial charge < -0.3 is 15.0 Å². The van der Waals surface area contributed by atoms with Crippen LogP contribution in [-0.4, -0.2) is 43.2 Å². The first-order valence-corrected chi connectivity index (χ1v) is 6.27. The average molecular weight is 260 g/mol. The van der Waals surface area contributed by atoms with E-state index in [0.717, 1.165) is 6.54 Å². The standard InChI is InChI=1S/C13H16N4O2/c1-2-19-13(18)11-9-15-6-7-17(11)12-10(8-14)4-3-5-16-12/h3-5,11,15H,2,6-7,9H2,1H3. The molecule has 0 radical (unpaired) electrons. The number of ether oxygens (including phenoxy) is 1. The molecule has 0 bridgehead atoms. The second-order valence-corrected chi connectivity index (χ2v) is 4.15. The molecule has 1 N–H and O–H groups in total. The van der Waals surface area contributed by atoms with E-state index in [0.29, 0.717) is 31.1 Å². The number of carbonyl (C=O) groups excluding carboxylic acids is 1. The van der Waals surface area contributed by atoms with E-state index in [1.807, 2.05) is 4.90 Å². The zero-order valence-corrected chi connectivity index (χ0v) is 10.8. The molecule has 1 aromatic heterocycles. The van der Waals surface area contributed by atoms with Gasteiger partial charge in [0.15, 0.2) is 0 Å². The van der Waals surface area contributed by atoms with E-state index in [9.17, 15) is 4.79 Å². The lowest BCUT2D eigenvalue weighted by Gasteiger charge is -2.35. The Morgan fingerprint density at radius 2 is 2.58 bits per heavy atom. The van der Waals surface area contributed by atoms with Crippen molar-refractivity contribution in [3.05, 3.63) is 23.9 Å². The van der Waals surface area contributed by atoms with Crippen molar-refractivity contribution in [2.24, 2.45) is 0 Å². The Bertz CT molecular complexity index is 498. The quantitative estimate of drug-likeness (QED) is 0.787. The van der Waals surface area contributed by atoms with Crippen molar-refractivity contribution in [1.82, 2.24) is 10.3 Å². The lowest BCUT2D eigenvalue weighted by Crippen LogP contribution is -2.56. The molecule has 2 rings (SSSR count). The molecule has 0 aromatic carbocycles. The lowest BCUT2D eigenvalue weighted by molar-refractivity contribution is -0.144. The second-order valence-electron chi connectivity index (χ2n) is 4.15. The summed E-state index contributed by atoms with van der Waals surface area (Å²) in [5, 5.41) is 12.3. The minimum Gasteiger partial charge on any atom is -0.464 e. The number of nitrogens with zero attached hydrogens (tertiary/aromatic N) is 3. The number of rotatable bonds is 3. The third-order valence-corrected chi connectivity index (χ3v) is 2.98. The smallest absolute Gasteiger partial charge is 0.330 e. The molecule has 1 fully saturated rings. The van der Waals surface area contributed by atoms with E-state index in [-0.39, 0.29) is 5.97 Å². The molecule has 6 nitrogen and oxygen atoms in total. The Hall–Kier alpha value is -2.13. The second kappa shape index (κ2) is 6.16. The van der Waals surface area contributed by atoms with Crippen LogP contribution < -0.4 is 10.2 Å². The predicted molar refractivity (Wildman–Crippen MR) is 69.6 cm³/mol. The zero-order valence-electron chi connectivity index (χ0n) is 10.8. The average Bonchev–Trinajstić information content (AvgIpc) is 2.47. The number of anilines is 1. The number of pyridine rings is 1. The van der Waals surface area contributed by atoms with Crippen molar-refractivity contribution in [1.29, 1.82) is 5.26 Å². The highest BCUT2D eigenvalue weighted by atomic mass is 16.5. The summed E-state index contributed by atoms with van der Waals surface area (Å²) in [5.41, 5.74) is 0.471. The summed E-state index contributed by atoms with van der Waals surface area (Å²) in [7, 11) is 0. The number of piperazine rings is 1. The maximum Gasteiger partial charge on any atom is 0.330 e. The van der Waals surface area contributed by atoms with Crippen LogP contribution in [0, 0.1) is 11.3 Å². The highest BCUT2D eigenvalue weighted by molar-refractivity contribution is 5.81. The highest BCUT2D eigenvalue weighted by Gasteiger charge is 2.31. The van der Waals surface area contributed by atoms with Crippen molar-refractivity contribution >= 4 is 11.8 Å². The number of nitrogens with one attached hydrogen (secondary N) is 1. The van der Waals surface area contributed by atoms with E-state index in [4.69, 9.17) is 10.00 Å². The van der Waals surface area contributed by atoms with Crippen LogP contribution in [0.3, 0.4) is 0 Å². The molecule has 0 spiro atoms. The normalized spacial score (nSPS) is 18.7. The summed E-state index contributed by atoms with van der Waals surface area (Å²) in [6.45, 7) is 3.99. The Kier molecular flexibility index (Phi) is 4.31. The van der Waals surface area contributed by atoms with Crippen molar-refractivity contribution in [3.8, 4) is 6.07 Å². The van der Waals surface area contributed by atoms with Crippen LogP contribution in [0.4, 0.5) is 5.82 Å². The Morgan fingerprint density at radius 1 is 1.74 bits per heavy atom. The fraction of sp³-hybridized carbons (Fsp3) is 0.462. The van der Waals surface area contributed by atoms with Crippen LogP contribution in [0.2, 0.25) is 0 Å². The molecule has 1 aromatic rings. The fourth-order valence-corrected chi connectivity index (χ4v) is 2.12. The Balaban J connectivity index is 2.29. The number of hydrogen-bond donors (Lipinski definition) is 1. The number of nitriles is 1. The number of esters is 1. The van der Waals surface area contributed by atoms with Gasteiger partial charge in [0.25, 0.3) is 0 Å². The SMILES string of the molecule is CCOC(=O)C1CNCCN1c1ncccc1C#N. The molecule has 1 aliphatic rings. The molecule has 1 unspecified atom stereocenters. The van der Waals surface area contributed by atoms with Crippen LogP contribution in [0.5, 0.6) is 0 Å². The third kappa shape index (κ3) is 2.83. The van der Waals surface area contributed by atoms with E-state index < -0.39 is 6.04 Å². The monoisotopic (exact) mass is 260 g/mol. The molecule has 0 saturated carbocycles. The molecule has 0 aliphatic carbocycles. The molecule has 19 heavy (non-hydrogen) atoms. The first kappa shape index (κ1) is 13.3. The van der Waals surface area contributed by atoms with Gasteiger partial charge >= 0.3 is 5.97 Å². The van der Waals surface area contributed by atoms with Gasteiger partial charge in [-0.2, -0.15) is 5.26 Å². The fourth-order valence-electron chi connectivity index (χ4n) is 2.12. The van der Waals surface area contributed by atoms with Crippen LogP contribution in [0.1, 0.15) is 12.5 Å². The summed E-state index contributed by atoms with van der Waals surface area (Å²) in [4.78, 5) is 18.0. The van der Waals surface area contributed by atoms with E-state index in [1.165, 1.54) is 0 Å². The molecule has 100 valence electrons. The molecule has 6 heteroatoms. The maximum absolute atomic E-state index is 12.0. The zero-order chi connectivity index (χ0) is 13.7. The molecule has 1 saturated heterocycles. The summed E-state index contributed by atoms with van der Waals surface area (Å²) in [6, 6.07) is 5.09. The van der Waals surface area contributed by atoms with Crippen LogP contribution in [-0.2, 0) is 9.53 Å². The summed E-state index contributed by atoms with van der Waals surface area (Å²) < 4.78 is 5.08. The largest absolute Gasteiger partial charge is 0.464 e. The van der Waals surface area contributed by atoms with Crippen LogP contribution in [0.25, 0.3) is 0 Å². The summed E-state index contributed by atoms with van der Waals surface area (Å²) in [5.74, 6) is 0.258. The van der Waals surface area contributed by atoms with Gasteiger partial charge in [0.1, 0.15) is 17.9 Å². The minimum absolute atomic E-state index is 0.288. The molecular weight excluding hydrogens is 244 g/mol. The Labute approximate surface area is 112 Å². The summed E-state index contributed by atoms with van der Waals surface area (Å²) in [6.07, 6.45) is 1.63. The number of carbonyl (C=O) groups is 1. The van der Waals surface area contributed by atoms with Gasteiger partial charge in [0.2, 0.25) is 0 Å². The third-order valence-electron chi connectivity index (χ3n) is 2.98. The van der Waals surface area contributed by atoms with E-state index in [1.54, 1.807) is 25.3 Å². The Morgan fingerprint density at radius 3 is 3.32 bits per heavy atom.